The molecule has 0 saturated carbocycles. The Kier molecular flexibility index (Phi) is 7.10. The number of hydrogen-bond acceptors (Lipinski definition) is 8. The van der Waals surface area contributed by atoms with Crippen molar-refractivity contribution >= 4 is 22.7 Å². The zero-order valence-corrected chi connectivity index (χ0v) is 24.4. The van der Waals surface area contributed by atoms with Gasteiger partial charge in [-0.2, -0.15) is 0 Å². The van der Waals surface area contributed by atoms with E-state index in [2.05, 4.69) is 81.5 Å². The summed E-state index contributed by atoms with van der Waals surface area (Å²) in [5.41, 5.74) is 6.53. The zero-order chi connectivity index (χ0) is 27.9. The van der Waals surface area contributed by atoms with Gasteiger partial charge in [-0.1, -0.05) is 0 Å². The van der Waals surface area contributed by atoms with Crippen LogP contribution in [0.25, 0.3) is 33.3 Å². The van der Waals surface area contributed by atoms with E-state index in [-0.39, 0.29) is 0 Å². The van der Waals surface area contributed by atoms with Crippen LogP contribution in [-0.2, 0) is 11.8 Å². The van der Waals surface area contributed by atoms with E-state index in [9.17, 15) is 0 Å². The maximum atomic E-state index is 5.38. The van der Waals surface area contributed by atoms with Gasteiger partial charge in [0, 0.05) is 94.5 Å². The number of pyridine rings is 2. The highest BCUT2D eigenvalue weighted by Crippen LogP contribution is 2.34. The summed E-state index contributed by atoms with van der Waals surface area (Å²) < 4.78 is 7.47. The van der Waals surface area contributed by atoms with Crippen LogP contribution >= 0.6 is 0 Å². The number of nitrogens with zero attached hydrogens (tertiary/aromatic N) is 8. The van der Waals surface area contributed by atoms with Gasteiger partial charge in [0.25, 0.3) is 0 Å². The predicted molar refractivity (Wildman–Crippen MR) is 164 cm³/mol. The molecular weight excluding hydrogens is 512 g/mol. The van der Waals surface area contributed by atoms with Gasteiger partial charge >= 0.3 is 0 Å². The minimum absolute atomic E-state index is 0.593. The summed E-state index contributed by atoms with van der Waals surface area (Å²) in [7, 11) is 2.05. The molecule has 3 aromatic heterocycles. The summed E-state index contributed by atoms with van der Waals surface area (Å²) in [4.78, 5) is 24.4. The summed E-state index contributed by atoms with van der Waals surface area (Å²) in [6.45, 7) is 14.6. The number of anilines is 2. The van der Waals surface area contributed by atoms with Crippen molar-refractivity contribution in [3.63, 3.8) is 0 Å². The van der Waals surface area contributed by atoms with Crippen LogP contribution in [0.5, 0.6) is 0 Å². The molecule has 4 aromatic rings. The van der Waals surface area contributed by atoms with Gasteiger partial charge in [0.1, 0.15) is 11.6 Å². The Bertz CT molecular complexity index is 1480. The number of piperazine rings is 2. The standard InChI is InChI=1S/C32H40N8O/c1-23(2)37-8-12-39(13-9-37)31-7-5-25(19-34-31)28-16-26(17-29-32(28)35-22-36(29)3)24-4-6-30(33-18-24)40-14-10-38(11-15-40)27-20-41-21-27/h4-7,16-19,22-23,27H,8-15,20-21H2,1-3H3. The van der Waals surface area contributed by atoms with Crippen molar-refractivity contribution in [1.29, 1.82) is 0 Å². The number of imidazole rings is 1. The molecule has 3 fully saturated rings. The zero-order valence-electron chi connectivity index (χ0n) is 24.4. The van der Waals surface area contributed by atoms with E-state index in [1.165, 1.54) is 0 Å². The van der Waals surface area contributed by atoms with Crippen molar-refractivity contribution in [2.45, 2.75) is 25.9 Å². The Hall–Kier alpha value is -3.53. The number of hydrogen-bond donors (Lipinski definition) is 0. The van der Waals surface area contributed by atoms with Crippen molar-refractivity contribution in [3.05, 3.63) is 55.1 Å². The number of ether oxygens (including phenoxy) is 1. The molecule has 3 saturated heterocycles. The van der Waals surface area contributed by atoms with Gasteiger partial charge in [-0.15, -0.1) is 0 Å². The van der Waals surface area contributed by atoms with Crippen LogP contribution in [0.4, 0.5) is 11.6 Å². The van der Waals surface area contributed by atoms with E-state index in [1.807, 2.05) is 18.7 Å². The molecule has 214 valence electrons. The van der Waals surface area contributed by atoms with Gasteiger partial charge in [0.15, 0.2) is 0 Å². The van der Waals surface area contributed by atoms with Gasteiger partial charge in [0.05, 0.1) is 36.6 Å². The molecule has 0 bridgehead atoms. The molecule has 0 N–H and O–H groups in total. The van der Waals surface area contributed by atoms with Crippen LogP contribution in [0.3, 0.4) is 0 Å². The Balaban J connectivity index is 1.11. The average molecular weight is 553 g/mol. The van der Waals surface area contributed by atoms with Crippen molar-refractivity contribution in [1.82, 2.24) is 29.3 Å². The fourth-order valence-electron chi connectivity index (χ4n) is 6.31. The molecular formula is C32H40N8O. The van der Waals surface area contributed by atoms with Crippen LogP contribution in [0.1, 0.15) is 13.8 Å². The van der Waals surface area contributed by atoms with Gasteiger partial charge in [-0.05, 0) is 55.8 Å². The third kappa shape index (κ3) is 5.18. The second kappa shape index (κ2) is 11.0. The highest BCUT2D eigenvalue weighted by Gasteiger charge is 2.29. The number of rotatable bonds is 6. The maximum Gasteiger partial charge on any atom is 0.128 e. The van der Waals surface area contributed by atoms with Gasteiger partial charge in [-0.25, -0.2) is 15.0 Å². The molecule has 0 amide bonds. The quantitative estimate of drug-likeness (QED) is 0.359. The first-order chi connectivity index (χ1) is 20.0. The molecule has 0 unspecified atom stereocenters. The number of benzene rings is 1. The lowest BCUT2D eigenvalue weighted by Gasteiger charge is -2.42. The summed E-state index contributed by atoms with van der Waals surface area (Å²) >= 11 is 0. The lowest BCUT2D eigenvalue weighted by atomic mass is 9.99. The Morgan fingerprint density at radius 2 is 1.37 bits per heavy atom. The van der Waals surface area contributed by atoms with Crippen molar-refractivity contribution in [3.8, 4) is 22.3 Å². The first-order valence-electron chi connectivity index (χ1n) is 15.0. The minimum Gasteiger partial charge on any atom is -0.378 e. The van der Waals surface area contributed by atoms with Crippen LogP contribution in [0.15, 0.2) is 55.1 Å². The molecule has 0 atom stereocenters. The molecule has 0 aliphatic carbocycles. The van der Waals surface area contributed by atoms with E-state index in [1.54, 1.807) is 0 Å². The third-order valence-corrected chi connectivity index (χ3v) is 9.11. The number of aryl methyl sites for hydroxylation is 1. The highest BCUT2D eigenvalue weighted by molar-refractivity contribution is 5.96. The molecule has 41 heavy (non-hydrogen) atoms. The molecule has 0 spiro atoms. The average Bonchev–Trinajstić information content (AvgIpc) is 3.37. The SMILES string of the molecule is CC(C)N1CCN(c2ccc(-c3cc(-c4ccc(N5CCN(C6COC6)CC5)nc4)cc4c3ncn4C)cn2)CC1. The smallest absolute Gasteiger partial charge is 0.128 e. The van der Waals surface area contributed by atoms with E-state index >= 15 is 0 Å². The maximum absolute atomic E-state index is 5.38. The van der Waals surface area contributed by atoms with E-state index in [4.69, 9.17) is 19.7 Å². The van der Waals surface area contributed by atoms with Gasteiger partial charge < -0.3 is 19.1 Å². The third-order valence-electron chi connectivity index (χ3n) is 9.11. The summed E-state index contributed by atoms with van der Waals surface area (Å²) in [5.74, 6) is 2.10. The van der Waals surface area contributed by atoms with E-state index in [0.29, 0.717) is 12.1 Å². The van der Waals surface area contributed by atoms with Crippen LogP contribution in [0.2, 0.25) is 0 Å². The molecule has 7 rings (SSSR count). The lowest BCUT2D eigenvalue weighted by Crippen LogP contribution is -2.56. The Morgan fingerprint density at radius 1 is 0.732 bits per heavy atom. The van der Waals surface area contributed by atoms with Gasteiger partial charge in [0.2, 0.25) is 0 Å². The Labute approximate surface area is 242 Å². The fourth-order valence-corrected chi connectivity index (χ4v) is 6.31. The van der Waals surface area contributed by atoms with Crippen LogP contribution < -0.4 is 9.80 Å². The highest BCUT2D eigenvalue weighted by atomic mass is 16.5. The molecule has 0 radical (unpaired) electrons. The molecule has 3 aliphatic rings. The van der Waals surface area contributed by atoms with E-state index in [0.717, 1.165) is 110 Å². The van der Waals surface area contributed by atoms with E-state index < -0.39 is 0 Å². The molecule has 1 aromatic carbocycles. The minimum atomic E-state index is 0.593. The number of aromatic nitrogens is 4. The molecule has 9 heteroatoms. The number of fused-ring (bicyclic) bond motifs is 1. The summed E-state index contributed by atoms with van der Waals surface area (Å²) in [6.07, 6.45) is 5.92. The Morgan fingerprint density at radius 3 is 1.93 bits per heavy atom. The largest absolute Gasteiger partial charge is 0.378 e. The summed E-state index contributed by atoms with van der Waals surface area (Å²) in [6, 6.07) is 14.4. The van der Waals surface area contributed by atoms with Gasteiger partial charge in [-0.3, -0.25) is 9.80 Å². The molecule has 9 nitrogen and oxygen atoms in total. The topological polar surface area (TPSA) is 65.8 Å². The van der Waals surface area contributed by atoms with Crippen molar-refractivity contribution < 1.29 is 4.74 Å². The summed E-state index contributed by atoms with van der Waals surface area (Å²) in [5, 5.41) is 0. The first kappa shape index (κ1) is 26.4. The fraction of sp³-hybridized carbons (Fsp3) is 0.469. The molecule has 3 aliphatic heterocycles. The molecule has 6 heterocycles. The predicted octanol–water partition coefficient (Wildman–Crippen LogP) is 3.75. The lowest BCUT2D eigenvalue weighted by molar-refractivity contribution is -0.0660. The first-order valence-corrected chi connectivity index (χ1v) is 15.0. The van der Waals surface area contributed by atoms with Crippen LogP contribution in [-0.4, -0.2) is 107 Å². The monoisotopic (exact) mass is 552 g/mol. The normalized spacial score (nSPS) is 19.3. The second-order valence-corrected chi connectivity index (χ2v) is 11.9. The second-order valence-electron chi connectivity index (χ2n) is 11.9. The van der Waals surface area contributed by atoms with Crippen molar-refractivity contribution in [2.24, 2.45) is 7.05 Å². The van der Waals surface area contributed by atoms with Crippen LogP contribution in [0, 0.1) is 0 Å². The van der Waals surface area contributed by atoms with Crippen molar-refractivity contribution in [2.75, 3.05) is 75.4 Å².